The van der Waals surface area contributed by atoms with Crippen molar-refractivity contribution in [3.63, 3.8) is 0 Å². The van der Waals surface area contributed by atoms with Gasteiger partial charge in [0.1, 0.15) is 18.8 Å². The maximum atomic E-state index is 12.5. The first kappa shape index (κ1) is 19.7. The number of hydrogen-bond acceptors (Lipinski definition) is 8. The number of carbonyl (C=O) groups excluding carboxylic acids is 2. The second-order valence-electron chi connectivity index (χ2n) is 7.29. The molecule has 0 spiro atoms. The van der Waals surface area contributed by atoms with Gasteiger partial charge in [0.2, 0.25) is 11.8 Å². The number of nitriles is 1. The van der Waals surface area contributed by atoms with Gasteiger partial charge in [-0.25, -0.2) is 9.97 Å². The zero-order chi connectivity index (χ0) is 21.1. The lowest BCUT2D eigenvalue weighted by Crippen LogP contribution is -2.40. The van der Waals surface area contributed by atoms with Crippen LogP contribution in [0.25, 0.3) is 11.3 Å². The SMILES string of the molecule is CC(Nc1cc(-c2cnc(NC(=O)C3CC3)cn2)cnc1C#N)C(=O)N1CCOC1. The molecular formula is C20H21N7O3. The standard InChI is InChI=1S/C20H21N7O3/c1-12(20(29)27-4-5-30-11-27)25-15-6-14(8-22-16(15)7-21)17-9-24-18(10-23-17)26-19(28)13-2-3-13/h6,8-10,12-13,25H,2-5,11H2,1H3,(H,24,26,28). The molecule has 1 saturated carbocycles. The predicted molar refractivity (Wildman–Crippen MR) is 107 cm³/mol. The van der Waals surface area contributed by atoms with E-state index in [-0.39, 0.29) is 30.2 Å². The van der Waals surface area contributed by atoms with Gasteiger partial charge in [-0.3, -0.25) is 14.6 Å². The van der Waals surface area contributed by atoms with Crippen molar-refractivity contribution in [1.82, 2.24) is 19.9 Å². The molecule has 1 unspecified atom stereocenters. The molecule has 154 valence electrons. The highest BCUT2D eigenvalue weighted by atomic mass is 16.5. The van der Waals surface area contributed by atoms with E-state index in [2.05, 4.69) is 25.6 Å². The first-order chi connectivity index (χ1) is 14.5. The van der Waals surface area contributed by atoms with Gasteiger partial charge < -0.3 is 20.3 Å². The zero-order valence-electron chi connectivity index (χ0n) is 16.5. The third kappa shape index (κ3) is 4.36. The van der Waals surface area contributed by atoms with Crippen molar-refractivity contribution in [3.8, 4) is 17.3 Å². The summed E-state index contributed by atoms with van der Waals surface area (Å²) < 4.78 is 5.22. The van der Waals surface area contributed by atoms with E-state index in [1.54, 1.807) is 17.9 Å². The Hall–Kier alpha value is -3.58. The van der Waals surface area contributed by atoms with E-state index in [9.17, 15) is 14.9 Å². The number of hydrogen-bond donors (Lipinski definition) is 2. The molecule has 10 heteroatoms. The van der Waals surface area contributed by atoms with Gasteiger partial charge in [-0.1, -0.05) is 0 Å². The minimum Gasteiger partial charge on any atom is -0.372 e. The molecule has 1 atom stereocenters. The molecular weight excluding hydrogens is 386 g/mol. The van der Waals surface area contributed by atoms with Gasteiger partial charge in [-0.2, -0.15) is 5.26 Å². The molecule has 4 rings (SSSR count). The molecule has 2 aliphatic rings. The lowest BCUT2D eigenvalue weighted by atomic mass is 10.1. The highest BCUT2D eigenvalue weighted by Gasteiger charge is 2.30. The molecule has 1 aliphatic heterocycles. The van der Waals surface area contributed by atoms with Crippen LogP contribution < -0.4 is 10.6 Å². The fourth-order valence-electron chi connectivity index (χ4n) is 3.08. The molecule has 2 aromatic heterocycles. The van der Waals surface area contributed by atoms with Crippen molar-refractivity contribution in [2.75, 3.05) is 30.5 Å². The zero-order valence-corrected chi connectivity index (χ0v) is 16.5. The Morgan fingerprint density at radius 2 is 2.10 bits per heavy atom. The Bertz CT molecular complexity index is 992. The van der Waals surface area contributed by atoms with E-state index in [4.69, 9.17) is 4.74 Å². The van der Waals surface area contributed by atoms with Gasteiger partial charge in [-0.05, 0) is 25.8 Å². The van der Waals surface area contributed by atoms with Crippen LogP contribution in [0.3, 0.4) is 0 Å². The second-order valence-corrected chi connectivity index (χ2v) is 7.29. The molecule has 0 bridgehead atoms. The molecule has 2 N–H and O–H groups in total. The number of anilines is 2. The summed E-state index contributed by atoms with van der Waals surface area (Å²) in [5.41, 5.74) is 1.78. The van der Waals surface area contributed by atoms with Crippen LogP contribution >= 0.6 is 0 Å². The van der Waals surface area contributed by atoms with Gasteiger partial charge in [0.05, 0.1) is 30.4 Å². The fraction of sp³-hybridized carbons (Fsp3) is 0.400. The van der Waals surface area contributed by atoms with E-state index in [1.807, 2.05) is 6.07 Å². The van der Waals surface area contributed by atoms with Gasteiger partial charge >= 0.3 is 0 Å². The molecule has 2 fully saturated rings. The Morgan fingerprint density at radius 1 is 1.27 bits per heavy atom. The molecule has 2 aromatic rings. The average molecular weight is 407 g/mol. The van der Waals surface area contributed by atoms with Crippen LogP contribution in [0.4, 0.5) is 11.5 Å². The van der Waals surface area contributed by atoms with E-state index in [0.717, 1.165) is 12.8 Å². The maximum absolute atomic E-state index is 12.5. The summed E-state index contributed by atoms with van der Waals surface area (Å²) in [6, 6.07) is 3.19. The van der Waals surface area contributed by atoms with Crippen molar-refractivity contribution in [1.29, 1.82) is 5.26 Å². The predicted octanol–water partition coefficient (Wildman–Crippen LogP) is 1.38. The molecule has 2 amide bonds. The minimum atomic E-state index is -0.554. The quantitative estimate of drug-likeness (QED) is 0.734. The van der Waals surface area contributed by atoms with Crippen LogP contribution in [0.5, 0.6) is 0 Å². The Morgan fingerprint density at radius 3 is 2.73 bits per heavy atom. The second kappa shape index (κ2) is 8.42. The molecule has 1 saturated heterocycles. The summed E-state index contributed by atoms with van der Waals surface area (Å²) in [6.07, 6.45) is 6.37. The lowest BCUT2D eigenvalue weighted by Gasteiger charge is -2.21. The van der Waals surface area contributed by atoms with E-state index in [1.165, 1.54) is 18.6 Å². The highest BCUT2D eigenvalue weighted by Crippen LogP contribution is 2.30. The molecule has 10 nitrogen and oxygen atoms in total. The summed E-state index contributed by atoms with van der Waals surface area (Å²) in [4.78, 5) is 38.7. The van der Waals surface area contributed by atoms with Gasteiger partial charge in [0.15, 0.2) is 11.5 Å². The number of ether oxygens (including phenoxy) is 1. The first-order valence-electron chi connectivity index (χ1n) is 9.71. The van der Waals surface area contributed by atoms with Crippen molar-refractivity contribution in [3.05, 3.63) is 30.4 Å². The average Bonchev–Trinajstić information content (AvgIpc) is 3.48. The smallest absolute Gasteiger partial charge is 0.246 e. The first-order valence-corrected chi connectivity index (χ1v) is 9.71. The third-order valence-corrected chi connectivity index (χ3v) is 4.95. The molecule has 1 aliphatic carbocycles. The Labute approximate surface area is 173 Å². The number of rotatable bonds is 6. The molecule has 3 heterocycles. The molecule has 0 radical (unpaired) electrons. The largest absolute Gasteiger partial charge is 0.372 e. The summed E-state index contributed by atoms with van der Waals surface area (Å²) >= 11 is 0. The lowest BCUT2D eigenvalue weighted by molar-refractivity contribution is -0.132. The Balaban J connectivity index is 1.49. The van der Waals surface area contributed by atoms with E-state index < -0.39 is 6.04 Å². The van der Waals surface area contributed by atoms with Crippen molar-refractivity contribution >= 4 is 23.3 Å². The van der Waals surface area contributed by atoms with Gasteiger partial charge in [0.25, 0.3) is 0 Å². The monoisotopic (exact) mass is 407 g/mol. The highest BCUT2D eigenvalue weighted by molar-refractivity contribution is 5.93. The number of pyridine rings is 1. The summed E-state index contributed by atoms with van der Waals surface area (Å²) in [7, 11) is 0. The van der Waals surface area contributed by atoms with E-state index >= 15 is 0 Å². The maximum Gasteiger partial charge on any atom is 0.246 e. The van der Waals surface area contributed by atoms with Crippen LogP contribution in [0.1, 0.15) is 25.5 Å². The summed E-state index contributed by atoms with van der Waals surface area (Å²) in [5, 5.41) is 15.2. The Kier molecular flexibility index (Phi) is 5.54. The topological polar surface area (TPSA) is 133 Å². The number of carbonyl (C=O) groups is 2. The number of nitrogens with one attached hydrogen (secondary N) is 2. The van der Waals surface area contributed by atoms with Crippen LogP contribution in [-0.2, 0) is 14.3 Å². The van der Waals surface area contributed by atoms with Crippen molar-refractivity contribution < 1.29 is 14.3 Å². The van der Waals surface area contributed by atoms with Crippen LogP contribution in [-0.4, -0.2) is 57.6 Å². The van der Waals surface area contributed by atoms with Crippen molar-refractivity contribution in [2.45, 2.75) is 25.8 Å². The van der Waals surface area contributed by atoms with Crippen molar-refractivity contribution in [2.24, 2.45) is 5.92 Å². The van der Waals surface area contributed by atoms with Gasteiger partial charge in [0, 0.05) is 24.2 Å². The summed E-state index contributed by atoms with van der Waals surface area (Å²) in [6.45, 7) is 3.07. The normalized spacial score (nSPS) is 16.6. The van der Waals surface area contributed by atoms with Crippen LogP contribution in [0, 0.1) is 17.2 Å². The van der Waals surface area contributed by atoms with E-state index in [0.29, 0.717) is 35.9 Å². The number of aromatic nitrogens is 3. The molecule has 0 aromatic carbocycles. The summed E-state index contributed by atoms with van der Waals surface area (Å²) in [5.74, 6) is 0.324. The van der Waals surface area contributed by atoms with Gasteiger partial charge in [-0.15, -0.1) is 0 Å². The van der Waals surface area contributed by atoms with Crippen LogP contribution in [0.2, 0.25) is 0 Å². The number of amides is 2. The molecule has 30 heavy (non-hydrogen) atoms. The van der Waals surface area contributed by atoms with Crippen LogP contribution in [0.15, 0.2) is 24.7 Å². The number of nitrogens with zero attached hydrogens (tertiary/aromatic N) is 5. The third-order valence-electron chi connectivity index (χ3n) is 4.95. The minimum absolute atomic E-state index is 0.0365. The fourth-order valence-corrected chi connectivity index (χ4v) is 3.08.